The lowest BCUT2D eigenvalue weighted by Crippen LogP contribution is -2.25. The number of carboxylic acid groups (broad SMARTS) is 1. The van der Waals surface area contributed by atoms with Crippen molar-refractivity contribution in [2.75, 3.05) is 118 Å². The smallest absolute Gasteiger partial charge is 0.341 e. The zero-order valence-electron chi connectivity index (χ0n) is 41.7. The van der Waals surface area contributed by atoms with Gasteiger partial charge < -0.3 is 64.1 Å². The first-order valence-electron chi connectivity index (χ1n) is 20.9. The van der Waals surface area contributed by atoms with Gasteiger partial charge in [0, 0.05) is 64.6 Å². The van der Waals surface area contributed by atoms with Gasteiger partial charge in [-0.25, -0.2) is 4.79 Å². The summed E-state index contributed by atoms with van der Waals surface area (Å²) in [6.07, 6.45) is 4.95. The molecule has 0 atom stereocenters. The van der Waals surface area contributed by atoms with Crippen LogP contribution in [0.4, 0.5) is 0 Å². The number of hydroxylamine groups is 5. The van der Waals surface area contributed by atoms with Gasteiger partial charge in [-0.3, -0.25) is 24.1 Å². The quantitative estimate of drug-likeness (QED) is 0.0363. The van der Waals surface area contributed by atoms with Gasteiger partial charge >= 0.3 is 5.97 Å². The number of carbonyl (C=O) groups is 3. The summed E-state index contributed by atoms with van der Waals surface area (Å²) in [4.78, 5) is 49.1. The highest BCUT2D eigenvalue weighted by Gasteiger charge is 2.18. The largest absolute Gasteiger partial charge is 0.496 e. The standard InChI is InChI=1S/C16H24N2O5.C15H22N2O5.C15H21NO6.CH5N/c1-6-7-23-18(3)10-13-14(20-4)8-12(9-15(13)21-5)22-11-16(19)17-2;1-5-6-22-17-9-12-13(19-3)7-11(8-14(12)20-4)21-10-15(18)16-2;1-5-6-22-16(2)9-12-13(19-3)7-11(8-14(12)20-4)21-10-15(17)18;1-2/h6,8-9H,1,7,10-11H2,2-5H3,(H,17,19);5,7-8,17H,1,6,9-10H2,2-4H3,(H,16,18);5,7-8H,1,6,9-10H2,2-4H3,(H,17,18);2H2,1H3. The fourth-order valence-electron chi connectivity index (χ4n) is 5.34. The third-order valence-corrected chi connectivity index (χ3v) is 8.54. The van der Waals surface area contributed by atoms with Crippen LogP contribution >= 0.6 is 0 Å². The minimum atomic E-state index is -1.06. The molecule has 6 N–H and O–H groups in total. The Hall–Kier alpha value is -6.79. The summed E-state index contributed by atoms with van der Waals surface area (Å²) in [5, 5.41) is 16.9. The summed E-state index contributed by atoms with van der Waals surface area (Å²) in [7, 11) is 17.4. The molecule has 0 unspecified atom stereocenters. The fraction of sp³-hybridized carbons (Fsp3) is 0.426. The first-order valence-corrected chi connectivity index (χ1v) is 20.9. The van der Waals surface area contributed by atoms with Gasteiger partial charge in [-0.2, -0.15) is 15.6 Å². The topological polar surface area (TPSA) is 251 Å². The van der Waals surface area contributed by atoms with Crippen molar-refractivity contribution in [2.24, 2.45) is 5.73 Å². The van der Waals surface area contributed by atoms with Crippen molar-refractivity contribution in [1.82, 2.24) is 26.2 Å². The molecular formula is C47H72N6O16. The second-order valence-corrected chi connectivity index (χ2v) is 13.2. The SMILES string of the molecule is C=CCON(C)Cc1c(OC)cc(OCC(=O)NC)cc1OC.C=CCON(C)Cc1c(OC)cc(OCC(=O)O)cc1OC.C=CCONCc1c(OC)cc(OCC(=O)NC)cc1OC.CN. The predicted octanol–water partition coefficient (Wildman–Crippen LogP) is 3.71. The molecule has 0 fully saturated rings. The Kier molecular flexibility index (Phi) is 33.6. The third-order valence-electron chi connectivity index (χ3n) is 8.54. The zero-order valence-corrected chi connectivity index (χ0v) is 41.7. The van der Waals surface area contributed by atoms with E-state index in [4.69, 9.17) is 62.3 Å². The molecule has 0 spiro atoms. The van der Waals surface area contributed by atoms with E-state index in [0.717, 1.165) is 16.7 Å². The monoisotopic (exact) mass is 977 g/mol. The molecule has 3 rings (SSSR count). The second kappa shape index (κ2) is 37.2. The molecule has 0 heterocycles. The number of likely N-dealkylation sites (N-methyl/N-ethyl adjacent to an activating group) is 2. The number of nitrogens with zero attached hydrogens (tertiary/aromatic N) is 2. The summed E-state index contributed by atoms with van der Waals surface area (Å²) in [5.74, 6) is 3.19. The van der Waals surface area contributed by atoms with Gasteiger partial charge in [-0.15, -0.1) is 19.7 Å². The van der Waals surface area contributed by atoms with Crippen LogP contribution < -0.4 is 64.5 Å². The van der Waals surface area contributed by atoms with Crippen molar-refractivity contribution in [2.45, 2.75) is 19.6 Å². The molecule has 22 nitrogen and oxygen atoms in total. The zero-order chi connectivity index (χ0) is 52.1. The minimum Gasteiger partial charge on any atom is -0.496 e. The molecule has 2 amide bonds. The summed E-state index contributed by atoms with van der Waals surface area (Å²) in [6, 6.07) is 10.0. The summed E-state index contributed by atoms with van der Waals surface area (Å²) in [5.41, 5.74) is 9.65. The van der Waals surface area contributed by atoms with Crippen LogP contribution in [0.25, 0.3) is 0 Å². The van der Waals surface area contributed by atoms with Crippen LogP contribution in [0.3, 0.4) is 0 Å². The number of hydrogen-bond donors (Lipinski definition) is 5. The molecule has 3 aromatic rings. The molecule has 0 bridgehead atoms. The number of nitrogens with two attached hydrogens (primary N) is 1. The van der Waals surface area contributed by atoms with Crippen LogP contribution in [0.2, 0.25) is 0 Å². The highest BCUT2D eigenvalue weighted by atomic mass is 16.7. The van der Waals surface area contributed by atoms with Crippen molar-refractivity contribution in [1.29, 1.82) is 0 Å². The summed E-state index contributed by atoms with van der Waals surface area (Å²) in [6.45, 7) is 12.6. The van der Waals surface area contributed by atoms with Crippen molar-refractivity contribution < 1.29 is 76.6 Å². The number of methoxy groups -OCH3 is 6. The van der Waals surface area contributed by atoms with Gasteiger partial charge in [0.2, 0.25) is 0 Å². The summed E-state index contributed by atoms with van der Waals surface area (Å²) < 4.78 is 48.2. The molecule has 0 saturated heterocycles. The maximum atomic E-state index is 11.3. The number of carboxylic acids is 1. The lowest BCUT2D eigenvalue weighted by molar-refractivity contribution is -0.139. The molecule has 3 aromatic carbocycles. The Labute approximate surface area is 405 Å². The number of hydrogen-bond acceptors (Lipinski definition) is 19. The van der Waals surface area contributed by atoms with E-state index >= 15 is 0 Å². The molecule has 22 heteroatoms. The fourth-order valence-corrected chi connectivity index (χ4v) is 5.34. The van der Waals surface area contributed by atoms with Gasteiger partial charge in [0.1, 0.15) is 51.7 Å². The van der Waals surface area contributed by atoms with E-state index in [1.54, 1.807) is 121 Å². The van der Waals surface area contributed by atoms with Crippen LogP contribution in [-0.2, 0) is 48.5 Å². The van der Waals surface area contributed by atoms with E-state index in [9.17, 15) is 14.4 Å². The van der Waals surface area contributed by atoms with Gasteiger partial charge in [-0.05, 0) is 7.05 Å². The van der Waals surface area contributed by atoms with Crippen LogP contribution in [0.5, 0.6) is 51.7 Å². The van der Waals surface area contributed by atoms with E-state index in [1.807, 2.05) is 0 Å². The van der Waals surface area contributed by atoms with E-state index in [2.05, 4.69) is 41.6 Å². The summed E-state index contributed by atoms with van der Waals surface area (Å²) >= 11 is 0. The predicted molar refractivity (Wildman–Crippen MR) is 259 cm³/mol. The van der Waals surface area contributed by atoms with E-state index < -0.39 is 12.6 Å². The molecule has 0 aliphatic carbocycles. The van der Waals surface area contributed by atoms with Crippen LogP contribution in [-0.4, -0.2) is 151 Å². The average Bonchev–Trinajstić information content (AvgIpc) is 3.37. The lowest BCUT2D eigenvalue weighted by Gasteiger charge is -2.20. The van der Waals surface area contributed by atoms with Crippen molar-refractivity contribution in [3.8, 4) is 51.7 Å². The second-order valence-electron chi connectivity index (χ2n) is 13.2. The number of amides is 2. The third kappa shape index (κ3) is 24.2. The van der Waals surface area contributed by atoms with Crippen LogP contribution in [0.1, 0.15) is 16.7 Å². The molecular weight excluding hydrogens is 905 g/mol. The number of carbonyl (C=O) groups excluding carboxylic acids is 2. The highest BCUT2D eigenvalue weighted by Crippen LogP contribution is 2.37. The Morgan fingerprint density at radius 2 is 0.855 bits per heavy atom. The van der Waals surface area contributed by atoms with Gasteiger partial charge in [-0.1, -0.05) is 18.2 Å². The van der Waals surface area contributed by atoms with Crippen molar-refractivity contribution in [3.63, 3.8) is 0 Å². The van der Waals surface area contributed by atoms with Crippen LogP contribution in [0.15, 0.2) is 74.4 Å². The average molecular weight is 977 g/mol. The van der Waals surface area contributed by atoms with E-state index in [0.29, 0.717) is 91.2 Å². The molecule has 0 saturated carbocycles. The number of nitrogens with one attached hydrogen (secondary N) is 3. The Morgan fingerprint density at radius 3 is 1.13 bits per heavy atom. The van der Waals surface area contributed by atoms with Gasteiger partial charge in [0.15, 0.2) is 19.8 Å². The molecule has 0 aliphatic heterocycles. The maximum Gasteiger partial charge on any atom is 0.341 e. The first-order chi connectivity index (χ1) is 33.2. The minimum absolute atomic E-state index is 0.0789. The number of benzene rings is 3. The molecule has 0 radical (unpaired) electrons. The Bertz CT molecular complexity index is 1930. The number of rotatable bonds is 30. The van der Waals surface area contributed by atoms with Gasteiger partial charge in [0.25, 0.3) is 11.8 Å². The first kappa shape index (κ1) is 62.2. The van der Waals surface area contributed by atoms with Crippen molar-refractivity contribution in [3.05, 3.63) is 91.1 Å². The van der Waals surface area contributed by atoms with Crippen LogP contribution in [0, 0.1) is 0 Å². The maximum absolute atomic E-state index is 11.3. The lowest BCUT2D eigenvalue weighted by atomic mass is 10.1. The molecule has 69 heavy (non-hydrogen) atoms. The molecule has 386 valence electrons. The number of ether oxygens (including phenoxy) is 9. The van der Waals surface area contributed by atoms with E-state index in [-0.39, 0.29) is 25.0 Å². The van der Waals surface area contributed by atoms with E-state index in [1.165, 1.54) is 21.3 Å². The normalized spacial score (nSPS) is 10.0. The Balaban J connectivity index is 0.000000987. The number of aliphatic carboxylic acids is 1. The van der Waals surface area contributed by atoms with Gasteiger partial charge in [0.05, 0.1) is 98.8 Å². The molecule has 0 aromatic heterocycles. The Morgan fingerprint density at radius 1 is 0.551 bits per heavy atom. The molecule has 0 aliphatic rings. The highest BCUT2D eigenvalue weighted by molar-refractivity contribution is 5.77. The van der Waals surface area contributed by atoms with Crippen molar-refractivity contribution >= 4 is 17.8 Å².